The Labute approximate surface area is 161 Å². The van der Waals surface area contributed by atoms with E-state index in [-0.39, 0.29) is 5.75 Å². The minimum Gasteiger partial charge on any atom is -0.497 e. The van der Waals surface area contributed by atoms with Crippen molar-refractivity contribution in [2.45, 2.75) is 19.5 Å². The molecule has 0 bridgehead atoms. The van der Waals surface area contributed by atoms with Crippen LogP contribution < -0.4 is 9.47 Å². The van der Waals surface area contributed by atoms with Crippen LogP contribution in [0, 0.1) is 0 Å². The maximum atomic E-state index is 12.9. The Hall–Kier alpha value is -2.09. The van der Waals surface area contributed by atoms with E-state index in [1.165, 1.54) is 4.31 Å². The van der Waals surface area contributed by atoms with Gasteiger partial charge in [0.2, 0.25) is 10.0 Å². The number of methoxy groups -OCH3 is 3. The molecule has 2 aromatic carbocycles. The summed E-state index contributed by atoms with van der Waals surface area (Å²) in [5.74, 6) is 1.53. The average Bonchev–Trinajstić information content (AvgIpc) is 2.68. The van der Waals surface area contributed by atoms with Gasteiger partial charge in [0.1, 0.15) is 11.5 Å². The lowest BCUT2D eigenvalue weighted by Gasteiger charge is -2.23. The zero-order valence-electron chi connectivity index (χ0n) is 16.1. The summed E-state index contributed by atoms with van der Waals surface area (Å²) >= 11 is 0. The average molecular weight is 394 g/mol. The van der Waals surface area contributed by atoms with Crippen molar-refractivity contribution in [2.24, 2.45) is 0 Å². The Morgan fingerprint density at radius 3 is 1.59 bits per heavy atom. The first-order valence-electron chi connectivity index (χ1n) is 8.71. The van der Waals surface area contributed by atoms with Crippen LogP contribution in [0.3, 0.4) is 0 Å². The van der Waals surface area contributed by atoms with Crippen molar-refractivity contribution in [3.8, 4) is 11.5 Å². The fourth-order valence-corrected chi connectivity index (χ4v) is 4.07. The van der Waals surface area contributed by atoms with Gasteiger partial charge >= 0.3 is 0 Å². The van der Waals surface area contributed by atoms with E-state index in [0.29, 0.717) is 26.1 Å². The molecule has 7 heteroatoms. The number of hydrogen-bond donors (Lipinski definition) is 0. The number of rotatable bonds is 11. The van der Waals surface area contributed by atoms with E-state index in [9.17, 15) is 8.42 Å². The van der Waals surface area contributed by atoms with E-state index in [0.717, 1.165) is 22.6 Å². The molecule has 0 unspecified atom stereocenters. The molecule has 0 fully saturated rings. The van der Waals surface area contributed by atoms with E-state index in [1.807, 2.05) is 48.5 Å². The molecule has 0 atom stereocenters. The Morgan fingerprint density at radius 1 is 0.778 bits per heavy atom. The van der Waals surface area contributed by atoms with Crippen LogP contribution in [0.15, 0.2) is 48.5 Å². The summed E-state index contributed by atoms with van der Waals surface area (Å²) < 4.78 is 42.6. The van der Waals surface area contributed by atoms with Crippen molar-refractivity contribution >= 4 is 10.0 Å². The highest BCUT2D eigenvalue weighted by Crippen LogP contribution is 2.19. The van der Waals surface area contributed by atoms with Crippen LogP contribution in [0.2, 0.25) is 0 Å². The standard InChI is InChI=1S/C20H27NO5S/c1-24-13-4-14-27(22,23)21(15-17-5-9-19(25-2)10-6-17)16-18-7-11-20(26-3)12-8-18/h5-12H,4,13-16H2,1-3H3. The second-order valence-electron chi connectivity index (χ2n) is 6.13. The van der Waals surface area contributed by atoms with E-state index in [2.05, 4.69) is 0 Å². The molecule has 6 nitrogen and oxygen atoms in total. The summed E-state index contributed by atoms with van der Waals surface area (Å²) in [6.07, 6.45) is 0.459. The third-order valence-corrected chi connectivity index (χ3v) is 6.03. The molecular formula is C20H27NO5S. The molecule has 0 radical (unpaired) electrons. The molecule has 0 spiro atoms. The SMILES string of the molecule is COCCCS(=O)(=O)N(Cc1ccc(OC)cc1)Cc1ccc(OC)cc1. The largest absolute Gasteiger partial charge is 0.497 e. The lowest BCUT2D eigenvalue weighted by atomic mass is 10.2. The van der Waals surface area contributed by atoms with Gasteiger partial charge in [-0.15, -0.1) is 0 Å². The highest BCUT2D eigenvalue weighted by Gasteiger charge is 2.22. The highest BCUT2D eigenvalue weighted by atomic mass is 32.2. The quantitative estimate of drug-likeness (QED) is 0.549. The van der Waals surface area contributed by atoms with E-state index in [1.54, 1.807) is 21.3 Å². The molecule has 0 N–H and O–H groups in total. The van der Waals surface area contributed by atoms with Crippen molar-refractivity contribution in [1.29, 1.82) is 0 Å². The highest BCUT2D eigenvalue weighted by molar-refractivity contribution is 7.89. The molecule has 0 heterocycles. The monoisotopic (exact) mass is 393 g/mol. The number of nitrogens with zero attached hydrogens (tertiary/aromatic N) is 1. The lowest BCUT2D eigenvalue weighted by Crippen LogP contribution is -2.32. The van der Waals surface area contributed by atoms with E-state index >= 15 is 0 Å². The molecule has 0 aliphatic heterocycles. The van der Waals surface area contributed by atoms with Crippen LogP contribution in [0.4, 0.5) is 0 Å². The van der Waals surface area contributed by atoms with E-state index in [4.69, 9.17) is 14.2 Å². The third-order valence-electron chi connectivity index (χ3n) is 4.18. The summed E-state index contributed by atoms with van der Waals surface area (Å²) in [7, 11) is 1.34. The molecule has 0 saturated heterocycles. The summed E-state index contributed by atoms with van der Waals surface area (Å²) in [5.41, 5.74) is 1.80. The van der Waals surface area contributed by atoms with Crippen LogP contribution in [-0.4, -0.2) is 46.4 Å². The molecule has 0 amide bonds. The van der Waals surface area contributed by atoms with Crippen LogP contribution in [0.1, 0.15) is 17.5 Å². The van der Waals surface area contributed by atoms with Crippen LogP contribution in [-0.2, 0) is 27.8 Å². The number of hydrogen-bond acceptors (Lipinski definition) is 5. The molecule has 0 aliphatic carbocycles. The first-order chi connectivity index (χ1) is 13.0. The van der Waals surface area contributed by atoms with Gasteiger partial charge in [0, 0.05) is 26.8 Å². The second-order valence-corrected chi connectivity index (χ2v) is 8.22. The van der Waals surface area contributed by atoms with Crippen molar-refractivity contribution in [3.05, 3.63) is 59.7 Å². The lowest BCUT2D eigenvalue weighted by molar-refractivity contribution is 0.199. The molecule has 27 heavy (non-hydrogen) atoms. The Morgan fingerprint density at radius 2 is 1.22 bits per heavy atom. The fourth-order valence-electron chi connectivity index (χ4n) is 2.64. The summed E-state index contributed by atoms with van der Waals surface area (Å²) in [4.78, 5) is 0. The second kappa shape index (κ2) is 10.3. The van der Waals surface area contributed by atoms with Gasteiger partial charge in [-0.3, -0.25) is 0 Å². The van der Waals surface area contributed by atoms with Gasteiger partial charge in [0.25, 0.3) is 0 Å². The summed E-state index contributed by atoms with van der Waals surface area (Å²) in [6.45, 7) is 1.01. The van der Waals surface area contributed by atoms with Crippen LogP contribution in [0.5, 0.6) is 11.5 Å². The molecule has 0 aliphatic rings. The first-order valence-corrected chi connectivity index (χ1v) is 10.3. The molecular weight excluding hydrogens is 366 g/mol. The predicted octanol–water partition coefficient (Wildman–Crippen LogP) is 3.07. The predicted molar refractivity (Wildman–Crippen MR) is 106 cm³/mol. The zero-order chi connectivity index (χ0) is 19.7. The van der Waals surface area contributed by atoms with Crippen LogP contribution in [0.25, 0.3) is 0 Å². The summed E-state index contributed by atoms with van der Waals surface area (Å²) in [5, 5.41) is 0. The van der Waals surface area contributed by atoms with Gasteiger partial charge in [-0.2, -0.15) is 4.31 Å². The smallest absolute Gasteiger partial charge is 0.214 e. The normalized spacial score (nSPS) is 11.6. The molecule has 148 valence electrons. The Bertz CT molecular complexity index is 739. The minimum absolute atomic E-state index is 0.0488. The fraction of sp³-hybridized carbons (Fsp3) is 0.400. The minimum atomic E-state index is -3.43. The van der Waals surface area contributed by atoms with Gasteiger partial charge in [-0.05, 0) is 41.8 Å². The van der Waals surface area contributed by atoms with Crippen molar-refractivity contribution in [3.63, 3.8) is 0 Å². The van der Waals surface area contributed by atoms with Gasteiger partial charge < -0.3 is 14.2 Å². The number of sulfonamides is 1. The van der Waals surface area contributed by atoms with Crippen molar-refractivity contribution in [2.75, 3.05) is 33.7 Å². The Balaban J connectivity index is 2.20. The van der Waals surface area contributed by atoms with Crippen molar-refractivity contribution in [1.82, 2.24) is 4.31 Å². The van der Waals surface area contributed by atoms with E-state index < -0.39 is 10.0 Å². The topological polar surface area (TPSA) is 65.1 Å². The van der Waals surface area contributed by atoms with Crippen molar-refractivity contribution < 1.29 is 22.6 Å². The zero-order valence-corrected chi connectivity index (χ0v) is 16.9. The van der Waals surface area contributed by atoms with Gasteiger partial charge in [-0.1, -0.05) is 24.3 Å². The first kappa shape index (κ1) is 21.2. The Kier molecular flexibility index (Phi) is 8.09. The van der Waals surface area contributed by atoms with Gasteiger partial charge in [0.05, 0.1) is 20.0 Å². The summed E-state index contributed by atoms with van der Waals surface area (Å²) in [6, 6.07) is 14.8. The third kappa shape index (κ3) is 6.53. The van der Waals surface area contributed by atoms with Gasteiger partial charge in [0.15, 0.2) is 0 Å². The maximum Gasteiger partial charge on any atom is 0.214 e. The number of ether oxygens (including phenoxy) is 3. The molecule has 0 saturated carbocycles. The molecule has 2 rings (SSSR count). The molecule has 2 aromatic rings. The maximum absolute atomic E-state index is 12.9. The van der Waals surface area contributed by atoms with Gasteiger partial charge in [-0.25, -0.2) is 8.42 Å². The number of benzene rings is 2. The molecule has 0 aromatic heterocycles. The van der Waals surface area contributed by atoms with Crippen LogP contribution >= 0.6 is 0 Å².